The van der Waals surface area contributed by atoms with Crippen molar-refractivity contribution in [3.63, 3.8) is 0 Å². The number of phenolic OH excluding ortho intramolecular Hbond substituents is 1. The van der Waals surface area contributed by atoms with Crippen molar-refractivity contribution in [1.29, 1.82) is 0 Å². The van der Waals surface area contributed by atoms with Crippen LogP contribution in [0.1, 0.15) is 11.4 Å². The first-order chi connectivity index (χ1) is 13.4. The van der Waals surface area contributed by atoms with Gasteiger partial charge in [0, 0.05) is 23.2 Å². The molecule has 0 bridgehead atoms. The number of imidazole rings is 1. The van der Waals surface area contributed by atoms with Crippen molar-refractivity contribution in [2.24, 2.45) is 5.73 Å². The summed E-state index contributed by atoms with van der Waals surface area (Å²) in [6.07, 6.45) is 3.22. The second-order valence-corrected chi connectivity index (χ2v) is 6.97. The molecule has 0 spiro atoms. The van der Waals surface area contributed by atoms with E-state index in [4.69, 9.17) is 33.9 Å². The lowest BCUT2D eigenvalue weighted by molar-refractivity contribution is -0.112. The number of carbonyl (C=O) groups is 1. The third-order valence-corrected chi connectivity index (χ3v) is 4.65. The molecule has 0 saturated heterocycles. The van der Waals surface area contributed by atoms with Crippen LogP contribution in [0.25, 0.3) is 11.3 Å². The van der Waals surface area contributed by atoms with E-state index in [-0.39, 0.29) is 12.3 Å². The molecule has 0 saturated carbocycles. The summed E-state index contributed by atoms with van der Waals surface area (Å²) in [6.45, 7) is 0.284. The normalized spacial score (nSPS) is 10.4. The van der Waals surface area contributed by atoms with E-state index in [2.05, 4.69) is 11.8 Å². The molecule has 7 heteroatoms. The van der Waals surface area contributed by atoms with Crippen LogP contribution < -0.4 is 5.73 Å². The average molecular weight is 414 g/mol. The number of rotatable bonds is 5. The van der Waals surface area contributed by atoms with Crippen molar-refractivity contribution >= 4 is 29.1 Å². The molecular weight excluding hydrogens is 397 g/mol. The van der Waals surface area contributed by atoms with Gasteiger partial charge in [0.25, 0.3) is 5.91 Å². The highest BCUT2D eigenvalue weighted by Crippen LogP contribution is 2.30. The first-order valence-electron chi connectivity index (χ1n) is 8.50. The van der Waals surface area contributed by atoms with Crippen LogP contribution >= 0.6 is 23.2 Å². The van der Waals surface area contributed by atoms with Crippen LogP contribution in [0, 0.1) is 11.8 Å². The third-order valence-electron chi connectivity index (χ3n) is 4.10. The van der Waals surface area contributed by atoms with Gasteiger partial charge in [-0.3, -0.25) is 4.79 Å². The molecule has 2 aromatic carbocycles. The second-order valence-electron chi connectivity index (χ2n) is 6.13. The monoisotopic (exact) mass is 413 g/mol. The molecule has 0 radical (unpaired) electrons. The quantitative estimate of drug-likeness (QED) is 0.623. The molecule has 3 aromatic rings. The number of hydrogen-bond acceptors (Lipinski definition) is 3. The fourth-order valence-corrected chi connectivity index (χ4v) is 3.25. The standard InChI is InChI=1S/C21H17Cl2N3O2/c22-15-6-9-17(18(23)12-15)19-13-26(11-1-2-20(24)28)21(25-19)10-5-14-3-7-16(27)8-4-14/h3-4,6-9,12-13,27H,5,10-11H2,(H2,24,28). The first-order valence-corrected chi connectivity index (χ1v) is 9.25. The molecule has 0 aliphatic carbocycles. The van der Waals surface area contributed by atoms with Crippen molar-refractivity contribution in [3.05, 3.63) is 70.1 Å². The third kappa shape index (κ3) is 5.07. The number of halogens is 2. The smallest absolute Gasteiger partial charge is 0.293 e. The number of phenols is 1. The van der Waals surface area contributed by atoms with Crippen LogP contribution in [0.3, 0.4) is 0 Å². The first kappa shape index (κ1) is 19.8. The van der Waals surface area contributed by atoms with Crippen LogP contribution in [0.2, 0.25) is 10.0 Å². The van der Waals surface area contributed by atoms with Crippen molar-refractivity contribution < 1.29 is 9.90 Å². The summed E-state index contributed by atoms with van der Waals surface area (Å²) < 4.78 is 1.87. The van der Waals surface area contributed by atoms with Crippen molar-refractivity contribution in [3.8, 4) is 28.8 Å². The van der Waals surface area contributed by atoms with E-state index in [1.165, 1.54) is 0 Å². The average Bonchev–Trinajstić information content (AvgIpc) is 3.03. The molecule has 0 atom stereocenters. The van der Waals surface area contributed by atoms with Gasteiger partial charge in [-0.05, 0) is 48.2 Å². The predicted molar refractivity (Wildman–Crippen MR) is 110 cm³/mol. The maximum Gasteiger partial charge on any atom is 0.293 e. The molecule has 0 aliphatic heterocycles. The Kier molecular flexibility index (Phi) is 6.25. The molecule has 142 valence electrons. The Morgan fingerprint density at radius 3 is 2.57 bits per heavy atom. The van der Waals surface area contributed by atoms with Gasteiger partial charge in [-0.25, -0.2) is 4.98 Å². The Balaban J connectivity index is 1.89. The van der Waals surface area contributed by atoms with E-state index in [1.807, 2.05) is 29.0 Å². The van der Waals surface area contributed by atoms with Crippen LogP contribution in [0.4, 0.5) is 0 Å². The molecule has 3 N–H and O–H groups in total. The van der Waals surface area contributed by atoms with E-state index >= 15 is 0 Å². The van der Waals surface area contributed by atoms with Gasteiger partial charge < -0.3 is 15.4 Å². The molecule has 28 heavy (non-hydrogen) atoms. The van der Waals surface area contributed by atoms with E-state index in [0.29, 0.717) is 22.2 Å². The van der Waals surface area contributed by atoms with Gasteiger partial charge in [-0.2, -0.15) is 0 Å². The summed E-state index contributed by atoms with van der Waals surface area (Å²) in [5.74, 6) is 5.44. The van der Waals surface area contributed by atoms with Crippen molar-refractivity contribution in [1.82, 2.24) is 9.55 Å². The highest BCUT2D eigenvalue weighted by molar-refractivity contribution is 6.36. The number of benzene rings is 2. The molecule has 5 nitrogen and oxygen atoms in total. The largest absolute Gasteiger partial charge is 0.508 e. The fourth-order valence-electron chi connectivity index (χ4n) is 2.75. The molecule has 0 aliphatic rings. The molecule has 3 rings (SSSR count). The zero-order chi connectivity index (χ0) is 20.1. The zero-order valence-electron chi connectivity index (χ0n) is 14.8. The number of aromatic hydroxyl groups is 1. The van der Waals surface area contributed by atoms with Gasteiger partial charge in [0.05, 0.1) is 17.3 Å². The number of hydrogen-bond donors (Lipinski definition) is 2. The van der Waals surface area contributed by atoms with Gasteiger partial charge >= 0.3 is 0 Å². The SMILES string of the molecule is NC(=O)C#CCn1cc(-c2ccc(Cl)cc2Cl)nc1CCc1ccc(O)cc1. The van der Waals surface area contributed by atoms with Crippen molar-refractivity contribution in [2.75, 3.05) is 0 Å². The minimum atomic E-state index is -0.674. The van der Waals surface area contributed by atoms with Gasteiger partial charge in [0.2, 0.25) is 0 Å². The number of primary amides is 1. The minimum Gasteiger partial charge on any atom is -0.508 e. The number of aryl methyl sites for hydroxylation is 2. The van der Waals surface area contributed by atoms with Crippen molar-refractivity contribution in [2.45, 2.75) is 19.4 Å². The molecule has 1 aromatic heterocycles. The van der Waals surface area contributed by atoms with Gasteiger partial charge in [-0.1, -0.05) is 41.3 Å². The van der Waals surface area contributed by atoms with Gasteiger partial charge in [0.1, 0.15) is 11.6 Å². The zero-order valence-corrected chi connectivity index (χ0v) is 16.3. The molecular formula is C21H17Cl2N3O2. The maximum atomic E-state index is 10.9. The molecule has 0 unspecified atom stereocenters. The number of carbonyl (C=O) groups excluding carboxylic acids is 1. The summed E-state index contributed by atoms with van der Waals surface area (Å²) >= 11 is 12.3. The molecule has 1 heterocycles. The highest BCUT2D eigenvalue weighted by atomic mass is 35.5. The van der Waals surface area contributed by atoms with Crippen LogP contribution in [0.5, 0.6) is 5.75 Å². The Labute approximate surface area is 172 Å². The minimum absolute atomic E-state index is 0.228. The predicted octanol–water partition coefficient (Wildman–Crippen LogP) is 3.84. The van der Waals surface area contributed by atoms with E-state index < -0.39 is 5.91 Å². The number of amides is 1. The van der Waals surface area contributed by atoms with Crippen LogP contribution in [0.15, 0.2) is 48.7 Å². The summed E-state index contributed by atoms with van der Waals surface area (Å²) in [4.78, 5) is 15.6. The highest BCUT2D eigenvalue weighted by Gasteiger charge is 2.12. The molecule has 0 fully saturated rings. The summed E-state index contributed by atoms with van der Waals surface area (Å²) in [5, 5.41) is 10.5. The lowest BCUT2D eigenvalue weighted by Crippen LogP contribution is -2.08. The lowest BCUT2D eigenvalue weighted by atomic mass is 10.1. The lowest BCUT2D eigenvalue weighted by Gasteiger charge is -2.04. The van der Waals surface area contributed by atoms with Crippen LogP contribution in [-0.4, -0.2) is 20.6 Å². The van der Waals surface area contributed by atoms with E-state index in [9.17, 15) is 9.90 Å². The Morgan fingerprint density at radius 2 is 1.89 bits per heavy atom. The molecule has 1 amide bonds. The van der Waals surface area contributed by atoms with Gasteiger partial charge in [0.15, 0.2) is 0 Å². The maximum absolute atomic E-state index is 10.9. The summed E-state index contributed by atoms with van der Waals surface area (Å²) in [5.41, 5.74) is 7.61. The Morgan fingerprint density at radius 1 is 1.14 bits per heavy atom. The number of aromatic nitrogens is 2. The Hall–Kier alpha value is -2.94. The van der Waals surface area contributed by atoms with Crippen LogP contribution in [-0.2, 0) is 24.2 Å². The van der Waals surface area contributed by atoms with E-state index in [0.717, 1.165) is 23.4 Å². The summed E-state index contributed by atoms with van der Waals surface area (Å²) in [6, 6.07) is 12.3. The topological polar surface area (TPSA) is 81.1 Å². The summed E-state index contributed by atoms with van der Waals surface area (Å²) in [7, 11) is 0. The Bertz CT molecular complexity index is 1060. The number of nitrogens with two attached hydrogens (primary N) is 1. The number of nitrogens with zero attached hydrogens (tertiary/aromatic N) is 2. The van der Waals surface area contributed by atoms with Gasteiger partial charge in [-0.15, -0.1) is 0 Å². The second kappa shape index (κ2) is 8.83. The fraction of sp³-hybridized carbons (Fsp3) is 0.143. The van der Waals surface area contributed by atoms with E-state index in [1.54, 1.807) is 24.3 Å².